The van der Waals surface area contributed by atoms with Crippen LogP contribution in [-0.2, 0) is 16.0 Å². The number of unbranched alkanes of at least 4 members (excludes halogenated alkanes) is 6. The molecule has 0 spiro atoms. The summed E-state index contributed by atoms with van der Waals surface area (Å²) in [5.74, 6) is -1.22. The van der Waals surface area contributed by atoms with E-state index in [0.717, 1.165) is 19.3 Å². The maximum Gasteiger partial charge on any atom is 0.326 e. The van der Waals surface area contributed by atoms with Crippen LogP contribution >= 0.6 is 0 Å². The van der Waals surface area contributed by atoms with E-state index in [0.29, 0.717) is 12.1 Å². The summed E-state index contributed by atoms with van der Waals surface area (Å²) in [7, 11) is 0. The van der Waals surface area contributed by atoms with E-state index in [9.17, 15) is 9.59 Å². The van der Waals surface area contributed by atoms with Crippen molar-refractivity contribution in [2.75, 3.05) is 0 Å². The van der Waals surface area contributed by atoms with Gasteiger partial charge in [-0.3, -0.25) is 4.79 Å². The highest BCUT2D eigenvalue weighted by Crippen LogP contribution is 2.08. The van der Waals surface area contributed by atoms with Gasteiger partial charge in [0.25, 0.3) is 0 Å². The van der Waals surface area contributed by atoms with Crippen LogP contribution in [-0.4, -0.2) is 33.0 Å². The van der Waals surface area contributed by atoms with Gasteiger partial charge in [0.1, 0.15) is 6.04 Å². The molecule has 0 saturated carbocycles. The molecule has 124 valence electrons. The number of rotatable bonds is 12. The van der Waals surface area contributed by atoms with Gasteiger partial charge in [0.15, 0.2) is 0 Å². The Morgan fingerprint density at radius 2 is 1.91 bits per heavy atom. The first-order valence-corrected chi connectivity index (χ1v) is 8.13. The average Bonchev–Trinajstić information content (AvgIpc) is 2.98. The lowest BCUT2D eigenvalue weighted by molar-refractivity contribution is -0.141. The average molecular weight is 309 g/mol. The molecule has 0 bridgehead atoms. The summed E-state index contributed by atoms with van der Waals surface area (Å²) in [4.78, 5) is 29.7. The van der Waals surface area contributed by atoms with Gasteiger partial charge >= 0.3 is 5.97 Å². The number of carbonyl (C=O) groups excluding carboxylic acids is 1. The first kappa shape index (κ1) is 18.2. The fraction of sp³-hybridized carbons (Fsp3) is 0.688. The Morgan fingerprint density at radius 3 is 2.50 bits per heavy atom. The van der Waals surface area contributed by atoms with E-state index >= 15 is 0 Å². The second-order valence-corrected chi connectivity index (χ2v) is 5.61. The van der Waals surface area contributed by atoms with Crippen molar-refractivity contribution >= 4 is 11.9 Å². The molecule has 6 heteroatoms. The van der Waals surface area contributed by atoms with Gasteiger partial charge in [0, 0.05) is 24.7 Å². The molecule has 0 aromatic carbocycles. The molecule has 3 N–H and O–H groups in total. The van der Waals surface area contributed by atoms with Crippen LogP contribution in [0.2, 0.25) is 0 Å². The number of carboxylic acids is 1. The van der Waals surface area contributed by atoms with Gasteiger partial charge in [0.05, 0.1) is 6.33 Å². The topological polar surface area (TPSA) is 95.1 Å². The third-order valence-electron chi connectivity index (χ3n) is 3.62. The van der Waals surface area contributed by atoms with Crippen LogP contribution < -0.4 is 5.32 Å². The number of aromatic nitrogens is 2. The molecule has 0 saturated heterocycles. The minimum atomic E-state index is -1.03. The van der Waals surface area contributed by atoms with E-state index in [1.54, 1.807) is 6.20 Å². The Bertz CT molecular complexity index is 432. The summed E-state index contributed by atoms with van der Waals surface area (Å²) in [5, 5.41) is 11.7. The van der Waals surface area contributed by atoms with E-state index < -0.39 is 12.0 Å². The number of hydrogen-bond acceptors (Lipinski definition) is 3. The molecular formula is C16H27N3O3. The van der Waals surface area contributed by atoms with Crippen molar-refractivity contribution in [3.63, 3.8) is 0 Å². The Hall–Kier alpha value is -1.85. The Morgan fingerprint density at radius 1 is 1.23 bits per heavy atom. The van der Waals surface area contributed by atoms with Gasteiger partial charge in [-0.25, -0.2) is 9.78 Å². The van der Waals surface area contributed by atoms with E-state index in [1.165, 1.54) is 32.0 Å². The molecule has 1 rings (SSSR count). The van der Waals surface area contributed by atoms with Crippen LogP contribution in [0.4, 0.5) is 0 Å². The highest BCUT2D eigenvalue weighted by atomic mass is 16.4. The summed E-state index contributed by atoms with van der Waals surface area (Å²) in [6.45, 7) is 2.19. The molecule has 1 aromatic rings. The largest absolute Gasteiger partial charge is 0.480 e. The zero-order valence-electron chi connectivity index (χ0n) is 13.3. The SMILES string of the molecule is CCCCCCCCCC(=O)N[C@H](Cc1cnc[nH]1)C(=O)O. The number of hydrogen-bond donors (Lipinski definition) is 3. The summed E-state index contributed by atoms with van der Waals surface area (Å²) in [6, 6.07) is -0.905. The van der Waals surface area contributed by atoms with E-state index in [-0.39, 0.29) is 12.3 Å². The lowest BCUT2D eigenvalue weighted by Crippen LogP contribution is -2.42. The number of amides is 1. The first-order chi connectivity index (χ1) is 10.6. The summed E-state index contributed by atoms with van der Waals surface area (Å²) >= 11 is 0. The highest BCUT2D eigenvalue weighted by Gasteiger charge is 2.20. The van der Waals surface area contributed by atoms with Gasteiger partial charge in [-0.05, 0) is 6.42 Å². The van der Waals surface area contributed by atoms with Crippen LogP contribution in [0.25, 0.3) is 0 Å². The summed E-state index contributed by atoms with van der Waals surface area (Å²) < 4.78 is 0. The zero-order chi connectivity index (χ0) is 16.2. The molecule has 0 fully saturated rings. The predicted octanol–water partition coefficient (Wildman–Crippen LogP) is 2.66. The van der Waals surface area contributed by atoms with Gasteiger partial charge in [-0.1, -0.05) is 45.4 Å². The third-order valence-corrected chi connectivity index (χ3v) is 3.62. The number of nitrogens with zero attached hydrogens (tertiary/aromatic N) is 1. The molecule has 1 atom stereocenters. The second-order valence-electron chi connectivity index (χ2n) is 5.61. The molecular weight excluding hydrogens is 282 g/mol. The zero-order valence-corrected chi connectivity index (χ0v) is 13.3. The minimum absolute atomic E-state index is 0.194. The van der Waals surface area contributed by atoms with E-state index in [1.807, 2.05) is 0 Å². The van der Waals surface area contributed by atoms with Crippen molar-refractivity contribution < 1.29 is 14.7 Å². The van der Waals surface area contributed by atoms with Gasteiger partial charge in [-0.15, -0.1) is 0 Å². The summed E-state index contributed by atoms with van der Waals surface area (Å²) in [5.41, 5.74) is 0.698. The van der Waals surface area contributed by atoms with Crippen LogP contribution in [0.15, 0.2) is 12.5 Å². The van der Waals surface area contributed by atoms with Crippen LogP contribution in [0.3, 0.4) is 0 Å². The maximum atomic E-state index is 11.8. The molecule has 0 aliphatic rings. The van der Waals surface area contributed by atoms with Gasteiger partial charge in [0.2, 0.25) is 5.91 Å². The van der Waals surface area contributed by atoms with Crippen molar-refractivity contribution in [3.8, 4) is 0 Å². The molecule has 0 aliphatic carbocycles. The number of aromatic amines is 1. The van der Waals surface area contributed by atoms with E-state index in [4.69, 9.17) is 5.11 Å². The molecule has 1 aromatic heterocycles. The Kier molecular flexibility index (Phi) is 8.95. The third kappa shape index (κ3) is 7.81. The van der Waals surface area contributed by atoms with Crippen molar-refractivity contribution in [1.82, 2.24) is 15.3 Å². The molecule has 6 nitrogen and oxygen atoms in total. The second kappa shape index (κ2) is 10.8. The molecule has 1 heterocycles. The number of carboxylic acid groups (broad SMARTS) is 1. The summed E-state index contributed by atoms with van der Waals surface area (Å²) in [6.07, 6.45) is 11.6. The molecule has 0 radical (unpaired) electrons. The molecule has 1 amide bonds. The number of carbonyl (C=O) groups is 2. The maximum absolute atomic E-state index is 11.8. The standard InChI is InChI=1S/C16H27N3O3/c1-2-3-4-5-6-7-8-9-15(20)19-14(16(21)22)10-13-11-17-12-18-13/h11-12,14H,2-10H2,1H3,(H,17,18)(H,19,20)(H,21,22)/t14-/m1/s1. The van der Waals surface area contributed by atoms with Crippen molar-refractivity contribution in [3.05, 3.63) is 18.2 Å². The van der Waals surface area contributed by atoms with E-state index in [2.05, 4.69) is 22.2 Å². The molecule has 0 unspecified atom stereocenters. The predicted molar refractivity (Wildman–Crippen MR) is 84.5 cm³/mol. The number of imidazole rings is 1. The number of aliphatic carboxylic acids is 1. The van der Waals surface area contributed by atoms with Crippen molar-refractivity contribution in [2.24, 2.45) is 0 Å². The monoisotopic (exact) mass is 309 g/mol. The van der Waals surface area contributed by atoms with Gasteiger partial charge in [-0.2, -0.15) is 0 Å². The lowest BCUT2D eigenvalue weighted by Gasteiger charge is -2.13. The normalized spacial score (nSPS) is 12.0. The highest BCUT2D eigenvalue weighted by molar-refractivity contribution is 5.83. The molecule has 0 aliphatic heterocycles. The fourth-order valence-electron chi connectivity index (χ4n) is 2.33. The lowest BCUT2D eigenvalue weighted by atomic mass is 10.1. The van der Waals surface area contributed by atoms with Crippen LogP contribution in [0.1, 0.15) is 64.0 Å². The number of nitrogens with one attached hydrogen (secondary N) is 2. The van der Waals surface area contributed by atoms with Gasteiger partial charge < -0.3 is 15.4 Å². The molecule has 22 heavy (non-hydrogen) atoms. The quantitative estimate of drug-likeness (QED) is 0.517. The van der Waals surface area contributed by atoms with Crippen molar-refractivity contribution in [1.29, 1.82) is 0 Å². The minimum Gasteiger partial charge on any atom is -0.480 e. The van der Waals surface area contributed by atoms with Crippen molar-refractivity contribution in [2.45, 2.75) is 70.8 Å². The van der Waals surface area contributed by atoms with Crippen LogP contribution in [0.5, 0.6) is 0 Å². The fourth-order valence-corrected chi connectivity index (χ4v) is 2.33. The Labute approximate surface area is 131 Å². The first-order valence-electron chi connectivity index (χ1n) is 8.13. The smallest absolute Gasteiger partial charge is 0.326 e. The van der Waals surface area contributed by atoms with Crippen LogP contribution in [0, 0.1) is 0 Å². The number of H-pyrrole nitrogens is 1. The Balaban J connectivity index is 2.19.